The van der Waals surface area contributed by atoms with Crippen LogP contribution in [0, 0.1) is 23.7 Å². The summed E-state index contributed by atoms with van der Waals surface area (Å²) < 4.78 is 6.47. The molecule has 12 rings (SSSR count). The van der Waals surface area contributed by atoms with Gasteiger partial charge in [-0.25, -0.2) is 0 Å². The summed E-state index contributed by atoms with van der Waals surface area (Å²) >= 11 is 0. The van der Waals surface area contributed by atoms with Gasteiger partial charge >= 0.3 is 0 Å². The average Bonchev–Trinajstić information content (AvgIpc) is 3.64. The van der Waals surface area contributed by atoms with Crippen molar-refractivity contribution >= 4 is 39.0 Å². The van der Waals surface area contributed by atoms with E-state index in [0.717, 1.165) is 51.3 Å². The van der Waals surface area contributed by atoms with Gasteiger partial charge in [-0.1, -0.05) is 97.1 Å². The molecule has 6 aromatic carbocycles. The summed E-state index contributed by atoms with van der Waals surface area (Å²) in [4.78, 5) is 2.49. The Labute approximate surface area is 281 Å². The van der Waals surface area contributed by atoms with Gasteiger partial charge in [0.25, 0.3) is 0 Å². The molecular formula is C46H37NO. The minimum absolute atomic E-state index is 0.114. The van der Waals surface area contributed by atoms with Crippen molar-refractivity contribution in [2.24, 2.45) is 23.7 Å². The highest BCUT2D eigenvalue weighted by Gasteiger charge is 2.61. The van der Waals surface area contributed by atoms with Crippen molar-refractivity contribution in [1.82, 2.24) is 0 Å². The van der Waals surface area contributed by atoms with E-state index in [1.807, 2.05) is 0 Å². The molecule has 48 heavy (non-hydrogen) atoms. The van der Waals surface area contributed by atoms with Crippen LogP contribution >= 0.6 is 0 Å². The quantitative estimate of drug-likeness (QED) is 0.195. The van der Waals surface area contributed by atoms with E-state index in [0.29, 0.717) is 0 Å². The molecule has 7 aromatic rings. The lowest BCUT2D eigenvalue weighted by atomic mass is 9.43. The van der Waals surface area contributed by atoms with Gasteiger partial charge < -0.3 is 9.32 Å². The molecule has 0 N–H and O–H groups in total. The minimum atomic E-state index is 0.114. The minimum Gasteiger partial charge on any atom is -0.456 e. The van der Waals surface area contributed by atoms with E-state index < -0.39 is 0 Å². The Morgan fingerprint density at radius 2 is 1.10 bits per heavy atom. The number of hydrogen-bond donors (Lipinski definition) is 0. The molecule has 2 nitrogen and oxygen atoms in total. The Bertz CT molecular complexity index is 2350. The standard InChI is InChI=1S/C46H37NO/c1-2-10-31(11-3-1)36-12-5-8-16-43(36)47(35-19-21-40-39-14-6-9-17-44(39)48-45(40)28-35)34-18-20-38-37-13-4-7-15-41(37)46(42(38)27-34)32-23-29-22-30(25-32)26-33(46)24-29/h1-21,27-30,32-33H,22-26H2. The lowest BCUT2D eigenvalue weighted by Crippen LogP contribution is -2.55. The van der Waals surface area contributed by atoms with Gasteiger partial charge in [-0.3, -0.25) is 0 Å². The van der Waals surface area contributed by atoms with Crippen LogP contribution in [0.1, 0.15) is 43.2 Å². The van der Waals surface area contributed by atoms with Crippen LogP contribution in [0.15, 0.2) is 144 Å². The zero-order valence-electron chi connectivity index (χ0n) is 27.0. The zero-order chi connectivity index (χ0) is 31.4. The van der Waals surface area contributed by atoms with Gasteiger partial charge in [0, 0.05) is 39.2 Å². The molecule has 0 atom stereocenters. The number of anilines is 3. The van der Waals surface area contributed by atoms with E-state index in [1.165, 1.54) is 65.7 Å². The molecule has 0 amide bonds. The van der Waals surface area contributed by atoms with Crippen LogP contribution in [0.25, 0.3) is 44.2 Å². The number of para-hydroxylation sites is 2. The number of rotatable bonds is 4. The summed E-state index contributed by atoms with van der Waals surface area (Å²) in [6.07, 6.45) is 7.00. The van der Waals surface area contributed by atoms with Gasteiger partial charge in [0.1, 0.15) is 11.2 Å². The summed E-state index contributed by atoms with van der Waals surface area (Å²) in [5.41, 5.74) is 14.0. The van der Waals surface area contributed by atoms with Gasteiger partial charge in [-0.15, -0.1) is 0 Å². The predicted octanol–water partition coefficient (Wildman–Crippen LogP) is 12.4. The number of fused-ring (bicyclic) bond motifs is 6. The molecule has 4 fully saturated rings. The molecule has 1 aromatic heterocycles. The van der Waals surface area contributed by atoms with Gasteiger partial charge in [0.15, 0.2) is 0 Å². The van der Waals surface area contributed by atoms with Gasteiger partial charge in [-0.05, 0) is 120 Å². The van der Waals surface area contributed by atoms with Crippen molar-refractivity contribution in [3.05, 3.63) is 151 Å². The molecule has 0 saturated heterocycles. The lowest BCUT2D eigenvalue weighted by molar-refractivity contribution is -0.0399. The molecule has 232 valence electrons. The van der Waals surface area contributed by atoms with Crippen LogP contribution in [0.5, 0.6) is 0 Å². The molecule has 4 bridgehead atoms. The van der Waals surface area contributed by atoms with E-state index in [1.54, 1.807) is 11.1 Å². The first-order valence-electron chi connectivity index (χ1n) is 17.9. The smallest absolute Gasteiger partial charge is 0.137 e. The van der Waals surface area contributed by atoms with Crippen molar-refractivity contribution in [3.63, 3.8) is 0 Å². The number of furan rings is 1. The third-order valence-corrected chi connectivity index (χ3v) is 12.6. The molecule has 0 radical (unpaired) electrons. The molecule has 5 aliphatic carbocycles. The Morgan fingerprint density at radius 1 is 0.479 bits per heavy atom. The van der Waals surface area contributed by atoms with Crippen LogP contribution < -0.4 is 4.90 Å². The van der Waals surface area contributed by atoms with Gasteiger partial charge in [0.05, 0.1) is 5.69 Å². The molecule has 2 heteroatoms. The van der Waals surface area contributed by atoms with Crippen molar-refractivity contribution in [1.29, 1.82) is 0 Å². The topological polar surface area (TPSA) is 16.4 Å². The maximum Gasteiger partial charge on any atom is 0.137 e. The first kappa shape index (κ1) is 26.9. The van der Waals surface area contributed by atoms with Gasteiger partial charge in [0.2, 0.25) is 0 Å². The summed E-state index contributed by atoms with van der Waals surface area (Å²) in [6, 6.07) is 51.7. The number of hydrogen-bond acceptors (Lipinski definition) is 2. The summed E-state index contributed by atoms with van der Waals surface area (Å²) in [5.74, 6) is 3.29. The van der Waals surface area contributed by atoms with E-state index >= 15 is 0 Å². The van der Waals surface area contributed by atoms with Crippen molar-refractivity contribution in [3.8, 4) is 22.3 Å². The highest BCUT2D eigenvalue weighted by Crippen LogP contribution is 2.69. The third-order valence-electron chi connectivity index (χ3n) is 12.6. The molecule has 4 saturated carbocycles. The second-order valence-electron chi connectivity index (χ2n) is 14.9. The fourth-order valence-electron chi connectivity index (χ4n) is 11.1. The fraction of sp³-hybridized carbons (Fsp3) is 0.217. The van der Waals surface area contributed by atoms with Crippen molar-refractivity contribution in [2.45, 2.75) is 37.5 Å². The summed E-state index contributed by atoms with van der Waals surface area (Å²) in [7, 11) is 0. The molecule has 5 aliphatic rings. The van der Waals surface area contributed by atoms with Crippen LogP contribution in [-0.2, 0) is 5.41 Å². The maximum atomic E-state index is 6.47. The SMILES string of the molecule is c1ccc(-c2ccccc2N(c2ccc3c(c2)C2(c4ccccc4-3)C3CC4CC(C3)CC2C4)c2ccc3c(c2)oc2ccccc23)cc1. The number of nitrogens with zero attached hydrogens (tertiary/aromatic N) is 1. The molecule has 1 heterocycles. The molecular weight excluding hydrogens is 583 g/mol. The molecule has 0 unspecified atom stereocenters. The normalized spacial score (nSPS) is 24.8. The van der Waals surface area contributed by atoms with Crippen LogP contribution in [0.2, 0.25) is 0 Å². The van der Waals surface area contributed by atoms with E-state index in [4.69, 9.17) is 4.42 Å². The Kier molecular flexibility index (Phi) is 5.59. The van der Waals surface area contributed by atoms with Crippen molar-refractivity contribution in [2.75, 3.05) is 4.90 Å². The average molecular weight is 620 g/mol. The second-order valence-corrected chi connectivity index (χ2v) is 14.9. The monoisotopic (exact) mass is 619 g/mol. The number of benzene rings is 6. The largest absolute Gasteiger partial charge is 0.456 e. The van der Waals surface area contributed by atoms with E-state index in [9.17, 15) is 0 Å². The summed E-state index contributed by atoms with van der Waals surface area (Å²) in [5, 5.41) is 2.32. The highest BCUT2D eigenvalue weighted by atomic mass is 16.3. The van der Waals surface area contributed by atoms with E-state index in [2.05, 4.69) is 144 Å². The van der Waals surface area contributed by atoms with Crippen molar-refractivity contribution < 1.29 is 4.42 Å². The second kappa shape index (κ2) is 9.97. The Balaban J connectivity index is 1.16. The highest BCUT2D eigenvalue weighted by molar-refractivity contribution is 6.06. The Hall–Kier alpha value is -5.08. The first-order chi connectivity index (χ1) is 23.8. The van der Waals surface area contributed by atoms with Crippen LogP contribution in [0.4, 0.5) is 17.1 Å². The van der Waals surface area contributed by atoms with Crippen LogP contribution in [-0.4, -0.2) is 0 Å². The van der Waals surface area contributed by atoms with Crippen LogP contribution in [0.3, 0.4) is 0 Å². The molecule has 1 spiro atoms. The van der Waals surface area contributed by atoms with E-state index in [-0.39, 0.29) is 5.41 Å². The summed E-state index contributed by atoms with van der Waals surface area (Å²) in [6.45, 7) is 0. The third kappa shape index (κ3) is 3.64. The Morgan fingerprint density at radius 3 is 1.94 bits per heavy atom. The lowest BCUT2D eigenvalue weighted by Gasteiger charge is -2.61. The van der Waals surface area contributed by atoms with Gasteiger partial charge in [-0.2, -0.15) is 0 Å². The maximum absolute atomic E-state index is 6.47. The zero-order valence-corrected chi connectivity index (χ0v) is 27.0. The predicted molar refractivity (Wildman–Crippen MR) is 197 cm³/mol. The first-order valence-corrected chi connectivity index (χ1v) is 17.9. The fourth-order valence-corrected chi connectivity index (χ4v) is 11.1. The molecule has 0 aliphatic heterocycles.